The molecule has 1 atom stereocenters. The lowest BCUT2D eigenvalue weighted by atomic mass is 9.88. The Bertz CT molecular complexity index is 419. The average molecular weight is 299 g/mol. The number of Topliss-reactive ketones (excluding diaryl/α,β-unsaturated/α-hetero) is 1. The first kappa shape index (κ1) is 12.1. The van der Waals surface area contributed by atoms with Crippen LogP contribution < -0.4 is 0 Å². The molecule has 0 N–H and O–H groups in total. The molecule has 1 aromatic rings. The van der Waals surface area contributed by atoms with Crippen LogP contribution in [0.1, 0.15) is 31.1 Å². The number of carbonyl (C=O) groups is 1. The second kappa shape index (κ2) is 5.28. The van der Waals surface area contributed by atoms with Gasteiger partial charge in [-0.25, -0.2) is 0 Å². The van der Waals surface area contributed by atoms with E-state index in [4.69, 9.17) is 0 Å². The van der Waals surface area contributed by atoms with Crippen LogP contribution in [-0.4, -0.2) is 5.78 Å². The molecule has 0 saturated carbocycles. The van der Waals surface area contributed by atoms with Crippen LogP contribution >= 0.6 is 27.3 Å². The fourth-order valence-electron chi connectivity index (χ4n) is 1.94. The van der Waals surface area contributed by atoms with E-state index in [0.717, 1.165) is 40.1 Å². The number of thiophene rings is 1. The highest BCUT2D eigenvalue weighted by Crippen LogP contribution is 2.26. The van der Waals surface area contributed by atoms with E-state index in [1.165, 1.54) is 0 Å². The Morgan fingerprint density at radius 3 is 3.00 bits per heavy atom. The van der Waals surface area contributed by atoms with Gasteiger partial charge in [0.05, 0.1) is 0 Å². The van der Waals surface area contributed by atoms with Gasteiger partial charge in [0.25, 0.3) is 0 Å². The van der Waals surface area contributed by atoms with Gasteiger partial charge in [0.15, 0.2) is 5.78 Å². The molecule has 0 saturated heterocycles. The van der Waals surface area contributed by atoms with Gasteiger partial charge in [0, 0.05) is 21.2 Å². The van der Waals surface area contributed by atoms with Crippen LogP contribution in [0.2, 0.25) is 0 Å². The average Bonchev–Trinajstić information content (AvgIpc) is 2.65. The zero-order valence-electron chi connectivity index (χ0n) is 9.33. The van der Waals surface area contributed by atoms with Crippen molar-refractivity contribution in [3.05, 3.63) is 32.4 Å². The standard InChI is InChI=1S/C13H15BrOS/c1-9-2-4-10(5-3-9)13(15)7-12-6-11(14)8-16-12/h4,6,8-9H,2-3,5,7H2,1H3. The molecule has 0 amide bonds. The molecule has 1 aliphatic carbocycles. The van der Waals surface area contributed by atoms with Crippen molar-refractivity contribution in [1.82, 2.24) is 0 Å². The van der Waals surface area contributed by atoms with Crippen LogP contribution in [0.3, 0.4) is 0 Å². The summed E-state index contributed by atoms with van der Waals surface area (Å²) >= 11 is 5.06. The van der Waals surface area contributed by atoms with Crippen LogP contribution in [0, 0.1) is 5.92 Å². The molecular formula is C13H15BrOS. The van der Waals surface area contributed by atoms with Gasteiger partial charge < -0.3 is 0 Å². The van der Waals surface area contributed by atoms with Crippen LogP contribution in [0.4, 0.5) is 0 Å². The Labute approximate surface area is 109 Å². The zero-order valence-corrected chi connectivity index (χ0v) is 11.7. The summed E-state index contributed by atoms with van der Waals surface area (Å²) in [4.78, 5) is 13.2. The SMILES string of the molecule is CC1CC=C(C(=O)Cc2cc(Br)cs2)CC1. The van der Waals surface area contributed by atoms with Crippen molar-refractivity contribution in [1.29, 1.82) is 0 Å². The largest absolute Gasteiger partial charge is 0.294 e. The van der Waals surface area contributed by atoms with Gasteiger partial charge >= 0.3 is 0 Å². The zero-order chi connectivity index (χ0) is 11.5. The third-order valence-corrected chi connectivity index (χ3v) is 4.69. The topological polar surface area (TPSA) is 17.1 Å². The molecule has 0 radical (unpaired) electrons. The molecule has 0 spiro atoms. The fourth-order valence-corrected chi connectivity index (χ4v) is 3.39. The molecule has 1 aliphatic rings. The predicted molar refractivity (Wildman–Crippen MR) is 71.8 cm³/mol. The molecule has 0 aromatic carbocycles. The molecule has 0 bridgehead atoms. The van der Waals surface area contributed by atoms with Gasteiger partial charge in [-0.1, -0.05) is 13.0 Å². The Balaban J connectivity index is 1.98. The van der Waals surface area contributed by atoms with Gasteiger partial charge in [-0.3, -0.25) is 4.79 Å². The van der Waals surface area contributed by atoms with Crippen molar-refractivity contribution in [2.24, 2.45) is 5.92 Å². The van der Waals surface area contributed by atoms with Crippen LogP contribution in [0.15, 0.2) is 27.6 Å². The Morgan fingerprint density at radius 1 is 1.62 bits per heavy atom. The summed E-state index contributed by atoms with van der Waals surface area (Å²) < 4.78 is 1.08. The number of hydrogen-bond donors (Lipinski definition) is 0. The summed E-state index contributed by atoms with van der Waals surface area (Å²) in [5, 5.41) is 2.03. The lowest BCUT2D eigenvalue weighted by Gasteiger charge is -2.16. The number of halogens is 1. The van der Waals surface area contributed by atoms with E-state index in [1.54, 1.807) is 11.3 Å². The number of hydrogen-bond acceptors (Lipinski definition) is 2. The van der Waals surface area contributed by atoms with Crippen LogP contribution in [0.5, 0.6) is 0 Å². The lowest BCUT2D eigenvalue weighted by molar-refractivity contribution is -0.115. The first-order chi connectivity index (χ1) is 7.65. The van der Waals surface area contributed by atoms with Crippen molar-refractivity contribution >= 4 is 33.0 Å². The highest BCUT2D eigenvalue weighted by Gasteiger charge is 2.16. The van der Waals surface area contributed by atoms with Crippen molar-refractivity contribution < 1.29 is 4.79 Å². The van der Waals surface area contributed by atoms with E-state index in [1.807, 2.05) is 11.4 Å². The molecule has 1 unspecified atom stereocenters. The lowest BCUT2D eigenvalue weighted by Crippen LogP contribution is -2.11. The molecule has 1 aromatic heterocycles. The first-order valence-electron chi connectivity index (χ1n) is 5.60. The van der Waals surface area contributed by atoms with Gasteiger partial charge in [-0.15, -0.1) is 11.3 Å². The highest BCUT2D eigenvalue weighted by molar-refractivity contribution is 9.10. The summed E-state index contributed by atoms with van der Waals surface area (Å²) in [6, 6.07) is 2.04. The van der Waals surface area contributed by atoms with E-state index < -0.39 is 0 Å². The minimum absolute atomic E-state index is 0.307. The van der Waals surface area contributed by atoms with Gasteiger partial charge in [0.1, 0.15) is 0 Å². The van der Waals surface area contributed by atoms with Crippen LogP contribution in [0.25, 0.3) is 0 Å². The second-order valence-corrected chi connectivity index (χ2v) is 6.35. The fraction of sp³-hybridized carbons (Fsp3) is 0.462. The van der Waals surface area contributed by atoms with Crippen molar-refractivity contribution in [3.8, 4) is 0 Å². The molecule has 16 heavy (non-hydrogen) atoms. The van der Waals surface area contributed by atoms with Crippen molar-refractivity contribution in [2.45, 2.75) is 32.6 Å². The molecule has 3 heteroatoms. The van der Waals surface area contributed by atoms with Crippen molar-refractivity contribution in [2.75, 3.05) is 0 Å². The van der Waals surface area contributed by atoms with E-state index in [9.17, 15) is 4.79 Å². The second-order valence-electron chi connectivity index (χ2n) is 4.44. The van der Waals surface area contributed by atoms with Gasteiger partial charge in [-0.2, -0.15) is 0 Å². The minimum atomic E-state index is 0.307. The maximum Gasteiger partial charge on any atom is 0.163 e. The smallest absolute Gasteiger partial charge is 0.163 e. The third kappa shape index (κ3) is 3.05. The maximum atomic E-state index is 12.0. The Morgan fingerprint density at radius 2 is 2.44 bits per heavy atom. The number of ketones is 1. The summed E-state index contributed by atoms with van der Waals surface area (Å²) in [7, 11) is 0. The summed E-state index contributed by atoms with van der Waals surface area (Å²) in [5.41, 5.74) is 1.04. The first-order valence-corrected chi connectivity index (χ1v) is 7.27. The molecule has 2 rings (SSSR count). The highest BCUT2D eigenvalue weighted by atomic mass is 79.9. The molecule has 0 fully saturated rings. The van der Waals surface area contributed by atoms with Gasteiger partial charge in [-0.05, 0) is 52.7 Å². The predicted octanol–water partition coefficient (Wildman–Crippen LogP) is 4.37. The number of allylic oxidation sites excluding steroid dienone is 2. The normalized spacial score (nSPS) is 20.6. The quantitative estimate of drug-likeness (QED) is 0.810. The Hall–Kier alpha value is -0.410. The number of carbonyl (C=O) groups excluding carboxylic acids is 1. The summed E-state index contributed by atoms with van der Waals surface area (Å²) in [6.07, 6.45) is 5.89. The molecule has 1 heterocycles. The number of rotatable bonds is 3. The van der Waals surface area contributed by atoms with E-state index in [0.29, 0.717) is 12.2 Å². The minimum Gasteiger partial charge on any atom is -0.294 e. The molecule has 86 valence electrons. The maximum absolute atomic E-state index is 12.0. The van der Waals surface area contributed by atoms with E-state index in [-0.39, 0.29) is 0 Å². The van der Waals surface area contributed by atoms with E-state index >= 15 is 0 Å². The molecule has 0 aliphatic heterocycles. The molecular weight excluding hydrogens is 284 g/mol. The Kier molecular flexibility index (Phi) is 3.98. The van der Waals surface area contributed by atoms with Crippen LogP contribution in [-0.2, 0) is 11.2 Å². The molecule has 1 nitrogen and oxygen atoms in total. The summed E-state index contributed by atoms with van der Waals surface area (Å²) in [5.74, 6) is 1.05. The third-order valence-electron chi connectivity index (χ3n) is 2.99. The summed E-state index contributed by atoms with van der Waals surface area (Å²) in [6.45, 7) is 2.24. The van der Waals surface area contributed by atoms with Crippen molar-refractivity contribution in [3.63, 3.8) is 0 Å². The van der Waals surface area contributed by atoms with Gasteiger partial charge in [0.2, 0.25) is 0 Å². The monoisotopic (exact) mass is 298 g/mol. The van der Waals surface area contributed by atoms with E-state index in [2.05, 4.69) is 28.9 Å².